The second kappa shape index (κ2) is 3.32. The number of rotatable bonds is 0. The number of benzene rings is 2. The zero-order valence-corrected chi connectivity index (χ0v) is 9.76. The fourth-order valence-corrected chi connectivity index (χ4v) is 3.87. The van der Waals surface area contributed by atoms with Gasteiger partial charge in [-0.25, -0.2) is 0 Å². The molecule has 2 nitrogen and oxygen atoms in total. The minimum atomic E-state index is -0.134. The van der Waals surface area contributed by atoms with Crippen LogP contribution in [0.25, 0.3) is 0 Å². The first-order valence-corrected chi connectivity index (χ1v) is 6.57. The molecular weight excluding hydrogens is 249 g/mol. The average Bonchev–Trinajstić information content (AvgIpc) is 2.27. The van der Waals surface area contributed by atoms with E-state index in [0.29, 0.717) is 5.75 Å². The van der Waals surface area contributed by atoms with E-state index in [1.807, 2.05) is 30.3 Å². The maximum atomic E-state index is 9.75. The van der Waals surface area contributed by atoms with Gasteiger partial charge in [-0.1, -0.05) is 0 Å². The summed E-state index contributed by atoms with van der Waals surface area (Å²) >= 11 is -0.134. The standard InChI is InChI=1S/C12H8AsNO/c15-11-7-3-6-10-12(11)13-8-4-1-2-5-9(8)14-10/h1-7,15H. The second-order valence-corrected chi connectivity index (χ2v) is 5.78. The van der Waals surface area contributed by atoms with Gasteiger partial charge in [0.15, 0.2) is 0 Å². The van der Waals surface area contributed by atoms with Crippen molar-refractivity contribution in [3.63, 3.8) is 0 Å². The SMILES string of the molecule is Oc1cccc2c1=[As]c1ccccc1N=2. The molecule has 3 heteroatoms. The van der Waals surface area contributed by atoms with E-state index in [2.05, 4.69) is 11.1 Å². The van der Waals surface area contributed by atoms with E-state index >= 15 is 0 Å². The van der Waals surface area contributed by atoms with Crippen molar-refractivity contribution in [1.29, 1.82) is 0 Å². The molecule has 1 aliphatic rings. The van der Waals surface area contributed by atoms with Gasteiger partial charge in [-0.2, -0.15) is 0 Å². The first kappa shape index (κ1) is 8.87. The van der Waals surface area contributed by atoms with Crippen LogP contribution >= 0.6 is 0 Å². The van der Waals surface area contributed by atoms with E-state index in [-0.39, 0.29) is 15.3 Å². The fourth-order valence-electron chi connectivity index (χ4n) is 1.63. The van der Waals surface area contributed by atoms with E-state index in [9.17, 15) is 5.11 Å². The Labute approximate surface area is 93.1 Å². The number of hydrogen-bond acceptors (Lipinski definition) is 2. The van der Waals surface area contributed by atoms with Crippen LogP contribution in [0.4, 0.5) is 5.69 Å². The molecule has 15 heavy (non-hydrogen) atoms. The monoisotopic (exact) mass is 257 g/mol. The number of nitrogens with zero attached hydrogens (tertiary/aromatic N) is 1. The predicted molar refractivity (Wildman–Crippen MR) is 59.6 cm³/mol. The van der Waals surface area contributed by atoms with E-state index in [0.717, 1.165) is 15.0 Å². The number of para-hydroxylation sites is 1. The van der Waals surface area contributed by atoms with Crippen LogP contribution in [0, 0.1) is 3.95 Å². The van der Waals surface area contributed by atoms with Crippen LogP contribution in [0.15, 0.2) is 47.5 Å². The Bertz CT molecular complexity index is 649. The predicted octanol–water partition coefficient (Wildman–Crippen LogP) is 0.937. The molecule has 0 unspecified atom stereocenters. The molecule has 0 fully saturated rings. The van der Waals surface area contributed by atoms with Crippen molar-refractivity contribution >= 4 is 25.3 Å². The van der Waals surface area contributed by atoms with E-state index in [4.69, 9.17) is 0 Å². The Balaban J connectivity index is 2.44. The molecular formula is C12H8AsNO. The molecule has 0 radical (unpaired) electrons. The van der Waals surface area contributed by atoms with Crippen LogP contribution in [0.2, 0.25) is 0 Å². The van der Waals surface area contributed by atoms with Crippen molar-refractivity contribution in [3.05, 3.63) is 51.8 Å². The van der Waals surface area contributed by atoms with E-state index in [1.54, 1.807) is 6.07 Å². The zero-order chi connectivity index (χ0) is 10.3. The maximum absolute atomic E-state index is 9.75. The normalized spacial score (nSPS) is 13.1. The van der Waals surface area contributed by atoms with Crippen molar-refractivity contribution in [1.82, 2.24) is 0 Å². The zero-order valence-electron chi connectivity index (χ0n) is 7.88. The van der Waals surface area contributed by atoms with Crippen molar-refractivity contribution in [2.75, 3.05) is 0 Å². The van der Waals surface area contributed by atoms with Gasteiger partial charge in [0.2, 0.25) is 0 Å². The Morgan fingerprint density at radius 2 is 1.87 bits per heavy atom. The quantitative estimate of drug-likeness (QED) is 0.597. The van der Waals surface area contributed by atoms with Gasteiger partial charge in [-0.3, -0.25) is 0 Å². The Hall–Kier alpha value is -1.40. The third-order valence-electron chi connectivity index (χ3n) is 2.35. The molecule has 3 rings (SSSR count). The number of fused-ring (bicyclic) bond motifs is 2. The van der Waals surface area contributed by atoms with Gasteiger partial charge in [0.05, 0.1) is 0 Å². The number of aromatic hydroxyl groups is 1. The molecule has 0 aliphatic carbocycles. The van der Waals surface area contributed by atoms with Crippen LogP contribution in [-0.2, 0) is 0 Å². The molecule has 2 aromatic carbocycles. The molecule has 0 bridgehead atoms. The molecule has 72 valence electrons. The van der Waals surface area contributed by atoms with Gasteiger partial charge in [-0.05, 0) is 0 Å². The van der Waals surface area contributed by atoms with Crippen molar-refractivity contribution < 1.29 is 5.11 Å². The summed E-state index contributed by atoms with van der Waals surface area (Å²) in [6.07, 6.45) is 0. The molecule has 0 saturated carbocycles. The number of hydrogen-bond donors (Lipinski definition) is 1. The third-order valence-corrected chi connectivity index (χ3v) is 5.08. The van der Waals surface area contributed by atoms with Crippen molar-refractivity contribution in [2.24, 2.45) is 4.99 Å². The molecule has 0 saturated heterocycles. The summed E-state index contributed by atoms with van der Waals surface area (Å²) in [5.41, 5.74) is 1.05. The summed E-state index contributed by atoms with van der Waals surface area (Å²) in [4.78, 5) is 4.53. The molecule has 2 aromatic rings. The van der Waals surface area contributed by atoms with Gasteiger partial charge >= 0.3 is 93.0 Å². The average molecular weight is 257 g/mol. The van der Waals surface area contributed by atoms with Crippen LogP contribution in [0.5, 0.6) is 5.75 Å². The second-order valence-electron chi connectivity index (χ2n) is 3.36. The topological polar surface area (TPSA) is 32.6 Å². The number of phenols is 1. The van der Waals surface area contributed by atoms with Gasteiger partial charge in [0, 0.05) is 0 Å². The van der Waals surface area contributed by atoms with Crippen molar-refractivity contribution in [3.8, 4) is 5.75 Å². The molecule has 0 spiro atoms. The molecule has 0 atom stereocenters. The third kappa shape index (κ3) is 1.42. The molecule has 0 amide bonds. The van der Waals surface area contributed by atoms with E-state index < -0.39 is 0 Å². The summed E-state index contributed by atoms with van der Waals surface area (Å²) in [5.74, 6) is 0.380. The Kier molecular flexibility index (Phi) is 1.96. The van der Waals surface area contributed by atoms with Crippen LogP contribution in [0.3, 0.4) is 0 Å². The first-order chi connectivity index (χ1) is 7.34. The van der Waals surface area contributed by atoms with E-state index in [1.165, 1.54) is 4.35 Å². The fraction of sp³-hybridized carbons (Fsp3) is 0. The number of phenolic OH excluding ortho intramolecular Hbond substituents is 1. The molecule has 1 N–H and O–H groups in total. The summed E-state index contributed by atoms with van der Waals surface area (Å²) in [7, 11) is 0. The summed E-state index contributed by atoms with van der Waals surface area (Å²) in [6, 6.07) is 13.7. The minimum absolute atomic E-state index is 0.134. The van der Waals surface area contributed by atoms with Crippen LogP contribution in [-0.4, -0.2) is 20.4 Å². The summed E-state index contributed by atoms with van der Waals surface area (Å²) in [5, 5.41) is 10.7. The summed E-state index contributed by atoms with van der Waals surface area (Å²) < 4.78 is 2.29. The van der Waals surface area contributed by atoms with Crippen molar-refractivity contribution in [2.45, 2.75) is 0 Å². The Morgan fingerprint density at radius 3 is 2.80 bits per heavy atom. The molecule has 1 heterocycles. The van der Waals surface area contributed by atoms with Gasteiger partial charge in [0.1, 0.15) is 0 Å². The van der Waals surface area contributed by atoms with Crippen LogP contribution in [0.1, 0.15) is 0 Å². The van der Waals surface area contributed by atoms with Gasteiger partial charge in [0.25, 0.3) is 0 Å². The molecule has 0 aromatic heterocycles. The Morgan fingerprint density at radius 1 is 1.00 bits per heavy atom. The van der Waals surface area contributed by atoms with Crippen LogP contribution < -0.4 is 9.71 Å². The first-order valence-electron chi connectivity index (χ1n) is 4.69. The molecule has 1 aliphatic heterocycles. The van der Waals surface area contributed by atoms with Gasteiger partial charge in [-0.15, -0.1) is 0 Å². The summed E-state index contributed by atoms with van der Waals surface area (Å²) in [6.45, 7) is 0. The van der Waals surface area contributed by atoms with Gasteiger partial charge < -0.3 is 0 Å².